The monoisotopic (exact) mass is 381 g/mol. The topological polar surface area (TPSA) is 99.2 Å². The van der Waals surface area contributed by atoms with Crippen molar-refractivity contribution >= 4 is 17.4 Å². The Morgan fingerprint density at radius 2 is 2.07 bits per heavy atom. The normalized spacial score (nSPS) is 12.5. The number of H-pyrrole nitrogens is 1. The first-order chi connectivity index (χ1) is 13.7. The Bertz CT molecular complexity index is 1110. The highest BCUT2D eigenvalue weighted by molar-refractivity contribution is 5.55. The van der Waals surface area contributed by atoms with E-state index in [-0.39, 0.29) is 0 Å². The minimum atomic E-state index is -0.532. The number of fused-ring (bicyclic) bond motifs is 1. The van der Waals surface area contributed by atoms with Crippen LogP contribution in [0.4, 0.5) is 15.9 Å². The zero-order valence-electron chi connectivity index (χ0n) is 15.5. The number of ether oxygens (including phenoxy) is 1. The highest BCUT2D eigenvalue weighted by Crippen LogP contribution is 2.17. The molecule has 3 aromatic heterocycles. The molecule has 0 bridgehead atoms. The Balaban J connectivity index is 1.57. The molecule has 9 heteroatoms. The van der Waals surface area contributed by atoms with Crippen LogP contribution in [0.5, 0.6) is 0 Å². The van der Waals surface area contributed by atoms with Gasteiger partial charge in [0.25, 0.3) is 0 Å². The number of nitrogens with zero attached hydrogens (tertiary/aromatic N) is 3. The van der Waals surface area contributed by atoms with Gasteiger partial charge in [-0.05, 0) is 30.2 Å². The maximum Gasteiger partial charge on any atom is 0.218 e. The van der Waals surface area contributed by atoms with E-state index in [9.17, 15) is 4.39 Å². The zero-order chi connectivity index (χ0) is 19.5. The molecule has 0 fully saturated rings. The first-order valence-electron chi connectivity index (χ1n) is 8.88. The third-order valence-corrected chi connectivity index (χ3v) is 4.48. The lowest BCUT2D eigenvalue weighted by molar-refractivity contribution is 0.318. The molecule has 0 radical (unpaired) electrons. The van der Waals surface area contributed by atoms with Crippen molar-refractivity contribution in [1.82, 2.24) is 25.9 Å². The van der Waals surface area contributed by atoms with Crippen LogP contribution in [-0.2, 0) is 17.6 Å². The summed E-state index contributed by atoms with van der Waals surface area (Å²) < 4.78 is 19.9. The maximum absolute atomic E-state index is 14.6. The third-order valence-electron chi connectivity index (χ3n) is 4.48. The predicted molar refractivity (Wildman–Crippen MR) is 102 cm³/mol. The van der Waals surface area contributed by atoms with E-state index in [0.717, 1.165) is 28.6 Å². The molecule has 0 unspecified atom stereocenters. The van der Waals surface area contributed by atoms with Gasteiger partial charge >= 0.3 is 0 Å². The van der Waals surface area contributed by atoms with Crippen LogP contribution in [-0.4, -0.2) is 22.1 Å². The molecule has 0 aliphatic carbocycles. The van der Waals surface area contributed by atoms with Crippen LogP contribution in [0.1, 0.15) is 23.7 Å². The highest BCUT2D eigenvalue weighted by atomic mass is 19.1. The molecule has 28 heavy (non-hydrogen) atoms. The molecule has 1 aliphatic heterocycles. The van der Waals surface area contributed by atoms with E-state index < -0.39 is 5.95 Å². The van der Waals surface area contributed by atoms with Crippen molar-refractivity contribution in [3.63, 3.8) is 0 Å². The van der Waals surface area contributed by atoms with Gasteiger partial charge in [-0.25, -0.2) is 10.5 Å². The SMILES string of the molecule is CCc1ccc(Nc2ccc(Cc3c[nH]c4c3=C(OC)NNN=4)c(F)n2)cn1. The summed E-state index contributed by atoms with van der Waals surface area (Å²) >= 11 is 0. The van der Waals surface area contributed by atoms with Crippen LogP contribution < -0.4 is 27.0 Å². The average molecular weight is 381 g/mol. The Morgan fingerprint density at radius 1 is 1.18 bits per heavy atom. The number of pyridine rings is 2. The van der Waals surface area contributed by atoms with Gasteiger partial charge in [-0.3, -0.25) is 10.4 Å². The summed E-state index contributed by atoms with van der Waals surface area (Å²) in [7, 11) is 1.56. The molecule has 1 aliphatic rings. The number of methoxy groups -OCH3 is 1. The van der Waals surface area contributed by atoms with Crippen LogP contribution in [0.15, 0.2) is 41.8 Å². The summed E-state index contributed by atoms with van der Waals surface area (Å²) in [5.74, 6) is 0.417. The fourth-order valence-corrected chi connectivity index (χ4v) is 3.01. The number of aromatic nitrogens is 3. The molecule has 4 heterocycles. The van der Waals surface area contributed by atoms with Crippen LogP contribution in [0, 0.1) is 5.95 Å². The van der Waals surface area contributed by atoms with Crippen molar-refractivity contribution in [3.05, 3.63) is 70.1 Å². The van der Waals surface area contributed by atoms with Crippen molar-refractivity contribution in [3.8, 4) is 0 Å². The highest BCUT2D eigenvalue weighted by Gasteiger charge is 2.14. The number of hydrazine groups is 1. The molecule has 0 saturated heterocycles. The largest absolute Gasteiger partial charge is 0.481 e. The molecule has 0 spiro atoms. The van der Waals surface area contributed by atoms with Gasteiger partial charge in [0.15, 0.2) is 5.49 Å². The van der Waals surface area contributed by atoms with Gasteiger partial charge < -0.3 is 15.0 Å². The van der Waals surface area contributed by atoms with Gasteiger partial charge in [0, 0.05) is 23.9 Å². The second-order valence-corrected chi connectivity index (χ2v) is 6.26. The van der Waals surface area contributed by atoms with E-state index in [1.54, 1.807) is 31.6 Å². The number of halogens is 1. The number of anilines is 2. The minimum Gasteiger partial charge on any atom is -0.481 e. The van der Waals surface area contributed by atoms with Gasteiger partial charge in [-0.15, -0.1) is 5.10 Å². The molecule has 4 rings (SSSR count). The lowest BCUT2D eigenvalue weighted by atomic mass is 10.1. The molecular formula is C19H20FN7O. The smallest absolute Gasteiger partial charge is 0.218 e. The Kier molecular flexibility index (Phi) is 4.79. The Labute approximate surface area is 160 Å². The fraction of sp³-hybridized carbons (Fsp3) is 0.211. The fourth-order valence-electron chi connectivity index (χ4n) is 3.01. The second-order valence-electron chi connectivity index (χ2n) is 6.26. The van der Waals surface area contributed by atoms with Crippen LogP contribution in [0.3, 0.4) is 0 Å². The van der Waals surface area contributed by atoms with Gasteiger partial charge in [0.2, 0.25) is 11.8 Å². The van der Waals surface area contributed by atoms with Crippen molar-refractivity contribution in [1.29, 1.82) is 0 Å². The molecule has 0 aromatic carbocycles. The van der Waals surface area contributed by atoms with E-state index >= 15 is 0 Å². The lowest BCUT2D eigenvalue weighted by Gasteiger charge is -2.12. The molecule has 0 saturated carbocycles. The first-order valence-corrected chi connectivity index (χ1v) is 8.88. The molecule has 4 N–H and O–H groups in total. The minimum absolute atomic E-state index is 0.349. The van der Waals surface area contributed by atoms with Crippen LogP contribution >= 0.6 is 0 Å². The van der Waals surface area contributed by atoms with Crippen LogP contribution in [0.25, 0.3) is 5.88 Å². The third kappa shape index (κ3) is 3.46. The van der Waals surface area contributed by atoms with Gasteiger partial charge in [0.1, 0.15) is 5.82 Å². The van der Waals surface area contributed by atoms with E-state index in [2.05, 4.69) is 36.3 Å². The van der Waals surface area contributed by atoms with Gasteiger partial charge in [-0.1, -0.05) is 13.0 Å². The molecule has 0 atom stereocenters. The Morgan fingerprint density at radius 3 is 2.79 bits per heavy atom. The summed E-state index contributed by atoms with van der Waals surface area (Å²) in [5.41, 5.74) is 9.19. The van der Waals surface area contributed by atoms with Crippen LogP contribution in [0.2, 0.25) is 0 Å². The zero-order valence-corrected chi connectivity index (χ0v) is 15.5. The van der Waals surface area contributed by atoms with E-state index in [0.29, 0.717) is 29.2 Å². The number of aromatic amines is 1. The molecule has 0 amide bonds. The predicted octanol–water partition coefficient (Wildman–Crippen LogP) is 1.20. The van der Waals surface area contributed by atoms with Crippen molar-refractivity contribution in [2.24, 2.45) is 5.10 Å². The van der Waals surface area contributed by atoms with Crippen molar-refractivity contribution in [2.75, 3.05) is 12.4 Å². The number of aryl methyl sites for hydroxylation is 1. The summed E-state index contributed by atoms with van der Waals surface area (Å²) in [5, 5.41) is 7.95. The number of nitrogens with one attached hydrogen (secondary N) is 4. The summed E-state index contributed by atoms with van der Waals surface area (Å²) in [6, 6.07) is 7.30. The number of rotatable bonds is 6. The van der Waals surface area contributed by atoms with Gasteiger partial charge in [0.05, 0.1) is 24.2 Å². The molecule has 8 nitrogen and oxygen atoms in total. The summed E-state index contributed by atoms with van der Waals surface area (Å²) in [4.78, 5) is 11.4. The molecule has 144 valence electrons. The van der Waals surface area contributed by atoms with E-state index in [1.807, 2.05) is 19.1 Å². The first kappa shape index (κ1) is 17.8. The number of hydrogen-bond donors (Lipinski definition) is 4. The Hall–Kier alpha value is -3.62. The maximum atomic E-state index is 14.6. The van der Waals surface area contributed by atoms with E-state index in [4.69, 9.17) is 4.74 Å². The van der Waals surface area contributed by atoms with Gasteiger partial charge in [-0.2, -0.15) is 4.39 Å². The van der Waals surface area contributed by atoms with Crippen molar-refractivity contribution in [2.45, 2.75) is 19.8 Å². The standard InChI is InChI=1S/C19H20FN7O/c1-3-13-5-6-14(10-21-13)23-15-7-4-11(17(20)24-15)8-12-9-22-18-16(12)19(28-2)26-27-25-18/h4-7,9-10,26-27H,3,8H2,1-2H3,(H,22,25)(H,23,24). The quantitative estimate of drug-likeness (QED) is 0.479. The molecule has 3 aromatic rings. The summed E-state index contributed by atoms with van der Waals surface area (Å²) in [6.07, 6.45) is 4.72. The summed E-state index contributed by atoms with van der Waals surface area (Å²) in [6.45, 7) is 2.04. The molecular weight excluding hydrogens is 361 g/mol. The average Bonchev–Trinajstić information content (AvgIpc) is 3.13. The van der Waals surface area contributed by atoms with Crippen molar-refractivity contribution < 1.29 is 9.13 Å². The second kappa shape index (κ2) is 7.55. The van der Waals surface area contributed by atoms with E-state index in [1.165, 1.54) is 0 Å². The lowest BCUT2D eigenvalue weighted by Crippen LogP contribution is -2.44. The number of hydrogen-bond acceptors (Lipinski definition) is 7.